The molecule has 0 bridgehead atoms. The first kappa shape index (κ1) is 19.4. The van der Waals surface area contributed by atoms with Gasteiger partial charge in [-0.25, -0.2) is 4.39 Å². The number of hydrogen-bond acceptors (Lipinski definition) is 7. The number of ether oxygens (including phenoxy) is 2. The summed E-state index contributed by atoms with van der Waals surface area (Å²) in [7, 11) is 0. The molecule has 2 aromatic rings. The van der Waals surface area contributed by atoms with Crippen LogP contribution < -0.4 is 14.5 Å². The molecule has 0 saturated carbocycles. The zero-order chi connectivity index (χ0) is 20.1. The zero-order valence-electron chi connectivity index (χ0n) is 16.2. The van der Waals surface area contributed by atoms with Crippen molar-refractivity contribution in [3.8, 4) is 5.75 Å². The molecule has 29 heavy (non-hydrogen) atoms. The van der Waals surface area contributed by atoms with Crippen molar-refractivity contribution in [2.45, 2.75) is 0 Å². The smallest absolute Gasteiger partial charge is 0.260 e. The van der Waals surface area contributed by atoms with E-state index < -0.39 is 0 Å². The summed E-state index contributed by atoms with van der Waals surface area (Å²) in [5, 5.41) is 8.43. The maximum atomic E-state index is 12.9. The minimum Gasteiger partial charge on any atom is -0.484 e. The average Bonchev–Trinajstić information content (AvgIpc) is 2.79. The molecule has 0 spiro atoms. The molecule has 2 aliphatic rings. The molecular weight excluding hydrogens is 377 g/mol. The van der Waals surface area contributed by atoms with E-state index in [1.807, 2.05) is 6.07 Å². The van der Waals surface area contributed by atoms with Crippen molar-refractivity contribution in [2.24, 2.45) is 0 Å². The molecule has 1 aromatic heterocycles. The summed E-state index contributed by atoms with van der Waals surface area (Å²) in [5.41, 5.74) is 1.05. The van der Waals surface area contributed by atoms with Gasteiger partial charge < -0.3 is 24.2 Å². The molecule has 2 fully saturated rings. The lowest BCUT2D eigenvalue weighted by Crippen LogP contribution is -2.50. The molecular formula is C20H24FN5O3. The fourth-order valence-corrected chi connectivity index (χ4v) is 3.45. The third kappa shape index (κ3) is 4.92. The quantitative estimate of drug-likeness (QED) is 0.745. The second-order valence-electron chi connectivity index (χ2n) is 6.98. The van der Waals surface area contributed by atoms with E-state index >= 15 is 0 Å². The van der Waals surface area contributed by atoms with E-state index in [4.69, 9.17) is 9.47 Å². The van der Waals surface area contributed by atoms with E-state index in [2.05, 4.69) is 20.0 Å². The fourth-order valence-electron chi connectivity index (χ4n) is 3.45. The van der Waals surface area contributed by atoms with Crippen molar-refractivity contribution in [2.75, 3.05) is 68.9 Å². The number of nitrogens with zero attached hydrogens (tertiary/aromatic N) is 5. The number of benzene rings is 1. The number of morpholine rings is 1. The van der Waals surface area contributed by atoms with E-state index in [0.717, 1.165) is 37.8 Å². The van der Waals surface area contributed by atoms with E-state index in [0.29, 0.717) is 31.9 Å². The lowest BCUT2D eigenvalue weighted by Gasteiger charge is -2.35. The van der Waals surface area contributed by atoms with Gasteiger partial charge in [0.15, 0.2) is 12.4 Å². The Labute approximate surface area is 168 Å². The van der Waals surface area contributed by atoms with Crippen molar-refractivity contribution in [1.29, 1.82) is 0 Å². The van der Waals surface area contributed by atoms with Crippen molar-refractivity contribution >= 4 is 17.4 Å². The van der Waals surface area contributed by atoms with Gasteiger partial charge in [0.1, 0.15) is 11.6 Å². The second-order valence-corrected chi connectivity index (χ2v) is 6.98. The molecule has 3 heterocycles. The fraction of sp³-hybridized carbons (Fsp3) is 0.450. The van der Waals surface area contributed by atoms with Gasteiger partial charge in [0.05, 0.1) is 25.1 Å². The molecule has 1 amide bonds. The van der Waals surface area contributed by atoms with Gasteiger partial charge in [0, 0.05) is 45.3 Å². The Morgan fingerprint density at radius 2 is 1.76 bits per heavy atom. The molecule has 2 saturated heterocycles. The minimum absolute atomic E-state index is 0.0576. The monoisotopic (exact) mass is 401 g/mol. The summed E-state index contributed by atoms with van der Waals surface area (Å²) in [4.78, 5) is 18.6. The molecule has 4 rings (SSSR count). The van der Waals surface area contributed by atoms with Gasteiger partial charge in [-0.05, 0) is 24.3 Å². The van der Waals surface area contributed by atoms with Gasteiger partial charge >= 0.3 is 0 Å². The number of halogens is 1. The number of aromatic nitrogens is 2. The first-order valence-electron chi connectivity index (χ1n) is 9.75. The van der Waals surface area contributed by atoms with Gasteiger partial charge in [-0.2, -0.15) is 5.10 Å². The lowest BCUT2D eigenvalue weighted by atomic mass is 10.3. The van der Waals surface area contributed by atoms with E-state index in [-0.39, 0.29) is 18.3 Å². The highest BCUT2D eigenvalue weighted by molar-refractivity contribution is 5.78. The Hall–Kier alpha value is -2.94. The Morgan fingerprint density at radius 3 is 2.48 bits per heavy atom. The Balaban J connectivity index is 1.28. The molecule has 154 valence electrons. The summed E-state index contributed by atoms with van der Waals surface area (Å²) in [6.45, 7) is 5.63. The van der Waals surface area contributed by atoms with Crippen molar-refractivity contribution in [1.82, 2.24) is 15.1 Å². The number of hydrogen-bond donors (Lipinski definition) is 0. The van der Waals surface area contributed by atoms with Crippen LogP contribution in [0.15, 0.2) is 36.5 Å². The molecule has 0 aliphatic carbocycles. The molecule has 0 N–H and O–H groups in total. The van der Waals surface area contributed by atoms with Crippen LogP contribution in [0.25, 0.3) is 0 Å². The topological polar surface area (TPSA) is 71.0 Å². The van der Waals surface area contributed by atoms with E-state index in [9.17, 15) is 9.18 Å². The van der Waals surface area contributed by atoms with Crippen LogP contribution in [-0.4, -0.2) is 80.1 Å². The third-order valence-corrected chi connectivity index (χ3v) is 5.14. The largest absolute Gasteiger partial charge is 0.484 e. The molecule has 1 aromatic carbocycles. The minimum atomic E-state index is -0.333. The predicted octanol–water partition coefficient (Wildman–Crippen LogP) is 1.18. The first-order chi connectivity index (χ1) is 14.2. The van der Waals surface area contributed by atoms with Crippen molar-refractivity contribution in [3.05, 3.63) is 42.3 Å². The summed E-state index contributed by atoms with van der Waals surface area (Å²) >= 11 is 0. The van der Waals surface area contributed by atoms with Gasteiger partial charge in [-0.3, -0.25) is 4.79 Å². The molecule has 2 aliphatic heterocycles. The highest BCUT2D eigenvalue weighted by Gasteiger charge is 2.23. The third-order valence-electron chi connectivity index (χ3n) is 5.14. The van der Waals surface area contributed by atoms with Crippen LogP contribution in [-0.2, 0) is 9.53 Å². The summed E-state index contributed by atoms with van der Waals surface area (Å²) in [6, 6.07) is 7.70. The zero-order valence-corrected chi connectivity index (χ0v) is 16.2. The first-order valence-corrected chi connectivity index (χ1v) is 9.75. The van der Waals surface area contributed by atoms with Crippen LogP contribution in [0, 0.1) is 5.82 Å². The molecule has 0 atom stereocenters. The normalized spacial score (nSPS) is 17.3. The number of rotatable bonds is 5. The number of anilines is 2. The number of amides is 1. The van der Waals surface area contributed by atoms with Gasteiger partial charge in [0.2, 0.25) is 0 Å². The highest BCUT2D eigenvalue weighted by atomic mass is 19.1. The highest BCUT2D eigenvalue weighted by Crippen LogP contribution is 2.21. The maximum absolute atomic E-state index is 12.9. The lowest BCUT2D eigenvalue weighted by molar-refractivity contribution is -0.133. The summed E-state index contributed by atoms with van der Waals surface area (Å²) in [6.07, 6.45) is 1.78. The number of carbonyl (C=O) groups excluding carboxylic acids is 1. The summed E-state index contributed by atoms with van der Waals surface area (Å²) < 4.78 is 23.8. The van der Waals surface area contributed by atoms with E-state index in [1.54, 1.807) is 11.1 Å². The second kappa shape index (κ2) is 9.04. The average molecular weight is 401 g/mol. The Morgan fingerprint density at radius 1 is 1.03 bits per heavy atom. The van der Waals surface area contributed by atoms with Crippen LogP contribution in [0.3, 0.4) is 0 Å². The van der Waals surface area contributed by atoms with Crippen LogP contribution in [0.4, 0.5) is 15.9 Å². The Kier molecular flexibility index (Phi) is 6.04. The van der Waals surface area contributed by atoms with Crippen LogP contribution >= 0.6 is 0 Å². The van der Waals surface area contributed by atoms with Crippen molar-refractivity contribution < 1.29 is 18.7 Å². The predicted molar refractivity (Wildman–Crippen MR) is 106 cm³/mol. The van der Waals surface area contributed by atoms with Gasteiger partial charge in [-0.15, -0.1) is 5.10 Å². The number of piperazine rings is 1. The molecule has 0 unspecified atom stereocenters. The molecule has 9 heteroatoms. The summed E-state index contributed by atoms with van der Waals surface area (Å²) in [5.74, 6) is 0.889. The molecule has 0 radical (unpaired) electrons. The van der Waals surface area contributed by atoms with Gasteiger partial charge in [0.25, 0.3) is 5.91 Å². The maximum Gasteiger partial charge on any atom is 0.260 e. The van der Waals surface area contributed by atoms with Crippen LogP contribution in [0.2, 0.25) is 0 Å². The molecule has 8 nitrogen and oxygen atoms in total. The standard InChI is InChI=1S/C20H24FN5O3/c21-16-1-3-18(4-2-16)29-15-20(27)26-7-5-25(6-8-26)19-13-17(14-22-23-19)24-9-11-28-12-10-24/h1-4,13-14H,5-12,15H2. The number of carbonyl (C=O) groups is 1. The van der Waals surface area contributed by atoms with Crippen LogP contribution in [0.1, 0.15) is 0 Å². The SMILES string of the molecule is O=C(COc1ccc(F)cc1)N1CCN(c2cc(N3CCOCC3)cnn2)CC1. The van der Waals surface area contributed by atoms with Crippen LogP contribution in [0.5, 0.6) is 5.75 Å². The van der Waals surface area contributed by atoms with Crippen molar-refractivity contribution in [3.63, 3.8) is 0 Å². The van der Waals surface area contributed by atoms with E-state index in [1.165, 1.54) is 24.3 Å². The van der Waals surface area contributed by atoms with Gasteiger partial charge in [-0.1, -0.05) is 0 Å². The Bertz CT molecular complexity index is 821.